The second-order valence-electron chi connectivity index (χ2n) is 3.82. The second kappa shape index (κ2) is 6.49. The van der Waals surface area contributed by atoms with Gasteiger partial charge in [-0.05, 0) is 18.1 Å². The van der Waals surface area contributed by atoms with E-state index in [2.05, 4.69) is 16.5 Å². The lowest BCUT2D eigenvalue weighted by molar-refractivity contribution is 0.523. The van der Waals surface area contributed by atoms with Crippen LogP contribution in [0.25, 0.3) is 0 Å². The van der Waals surface area contributed by atoms with E-state index in [1.807, 2.05) is 35.8 Å². The first-order chi connectivity index (χ1) is 7.90. The first-order valence-electron chi connectivity index (χ1n) is 5.44. The molecular formula is C11H17N3S2. The molecule has 16 heavy (non-hydrogen) atoms. The summed E-state index contributed by atoms with van der Waals surface area (Å²) in [6, 6.07) is 4.44. The molecule has 3 nitrogen and oxygen atoms in total. The van der Waals surface area contributed by atoms with Gasteiger partial charge in [-0.1, -0.05) is 6.07 Å². The van der Waals surface area contributed by atoms with Crippen LogP contribution in [0.4, 0.5) is 0 Å². The van der Waals surface area contributed by atoms with Crippen molar-refractivity contribution in [1.82, 2.24) is 10.4 Å². The lowest BCUT2D eigenvalue weighted by atomic mass is 10.1. The normalized spacial score (nSPS) is 22.9. The summed E-state index contributed by atoms with van der Waals surface area (Å²) < 4.78 is 0. The van der Waals surface area contributed by atoms with Gasteiger partial charge < -0.3 is 0 Å². The van der Waals surface area contributed by atoms with E-state index in [1.54, 1.807) is 6.20 Å². The molecule has 0 aliphatic carbocycles. The molecule has 2 unspecified atom stereocenters. The molecule has 0 spiro atoms. The smallest absolute Gasteiger partial charge is 0.0378 e. The molecule has 1 aromatic rings. The van der Waals surface area contributed by atoms with Gasteiger partial charge in [-0.2, -0.15) is 23.5 Å². The van der Waals surface area contributed by atoms with Crippen molar-refractivity contribution in [2.75, 3.05) is 17.3 Å². The lowest BCUT2D eigenvalue weighted by Crippen LogP contribution is -2.46. The number of pyridine rings is 1. The van der Waals surface area contributed by atoms with Gasteiger partial charge in [-0.15, -0.1) is 0 Å². The average Bonchev–Trinajstić information content (AvgIpc) is 2.38. The fraction of sp³-hybridized carbons (Fsp3) is 0.545. The highest BCUT2D eigenvalue weighted by Crippen LogP contribution is 2.27. The highest BCUT2D eigenvalue weighted by molar-refractivity contribution is 8.06. The zero-order valence-electron chi connectivity index (χ0n) is 9.13. The van der Waals surface area contributed by atoms with Crippen molar-refractivity contribution in [3.05, 3.63) is 30.1 Å². The quantitative estimate of drug-likeness (QED) is 0.627. The fourth-order valence-corrected chi connectivity index (χ4v) is 4.68. The lowest BCUT2D eigenvalue weighted by Gasteiger charge is -2.28. The summed E-state index contributed by atoms with van der Waals surface area (Å²) in [5.74, 6) is 9.36. The molecule has 1 aliphatic heterocycles. The third-order valence-corrected chi connectivity index (χ3v) is 5.60. The minimum absolute atomic E-state index is 0.349. The van der Waals surface area contributed by atoms with Gasteiger partial charge in [0.1, 0.15) is 0 Å². The molecule has 0 amide bonds. The molecule has 2 heterocycles. The Kier molecular flexibility index (Phi) is 4.96. The number of thioether (sulfide) groups is 2. The molecule has 0 radical (unpaired) electrons. The van der Waals surface area contributed by atoms with E-state index in [9.17, 15) is 0 Å². The van der Waals surface area contributed by atoms with Crippen LogP contribution in [0.3, 0.4) is 0 Å². The molecule has 0 aromatic carbocycles. The monoisotopic (exact) mass is 255 g/mol. The van der Waals surface area contributed by atoms with Crippen molar-refractivity contribution in [2.45, 2.75) is 17.7 Å². The van der Waals surface area contributed by atoms with Crippen LogP contribution in [-0.2, 0) is 6.42 Å². The zero-order valence-corrected chi connectivity index (χ0v) is 10.8. The summed E-state index contributed by atoms with van der Waals surface area (Å²) in [5.41, 5.74) is 4.21. The number of rotatable bonds is 4. The van der Waals surface area contributed by atoms with Gasteiger partial charge in [-0.3, -0.25) is 16.3 Å². The predicted octanol–water partition coefficient (Wildman–Crippen LogP) is 1.30. The number of aromatic nitrogens is 1. The number of nitrogens with one attached hydrogen (secondary N) is 1. The Bertz CT molecular complexity index is 301. The van der Waals surface area contributed by atoms with Crippen LogP contribution < -0.4 is 11.3 Å². The number of nitrogens with two attached hydrogens (primary N) is 1. The highest BCUT2D eigenvalue weighted by atomic mass is 32.2. The number of hydrogen-bond donors (Lipinski definition) is 2. The van der Waals surface area contributed by atoms with Crippen LogP contribution >= 0.6 is 23.5 Å². The van der Waals surface area contributed by atoms with Gasteiger partial charge >= 0.3 is 0 Å². The van der Waals surface area contributed by atoms with Crippen molar-refractivity contribution < 1.29 is 0 Å². The van der Waals surface area contributed by atoms with Crippen LogP contribution in [0.5, 0.6) is 0 Å². The standard InChI is InChI=1S/C11H17N3S2/c12-14-10(11-8-15-4-5-16-11)6-9-2-1-3-13-7-9/h1-3,7,10-11,14H,4-6,8,12H2. The Morgan fingerprint density at radius 3 is 3.12 bits per heavy atom. The maximum Gasteiger partial charge on any atom is 0.0378 e. The average molecular weight is 255 g/mol. The number of hydrogen-bond acceptors (Lipinski definition) is 5. The number of hydrazine groups is 1. The largest absolute Gasteiger partial charge is 0.271 e. The molecule has 0 saturated carbocycles. The van der Waals surface area contributed by atoms with E-state index in [1.165, 1.54) is 22.8 Å². The molecule has 0 bridgehead atoms. The molecule has 2 rings (SSSR count). The van der Waals surface area contributed by atoms with Crippen molar-refractivity contribution in [3.8, 4) is 0 Å². The Morgan fingerprint density at radius 1 is 1.56 bits per heavy atom. The highest BCUT2D eigenvalue weighted by Gasteiger charge is 2.23. The first kappa shape index (κ1) is 12.2. The summed E-state index contributed by atoms with van der Waals surface area (Å²) in [6.07, 6.45) is 4.69. The third kappa shape index (κ3) is 3.38. The Hall–Kier alpha value is -0.230. The van der Waals surface area contributed by atoms with Gasteiger partial charge in [0.25, 0.3) is 0 Å². The molecule has 1 fully saturated rings. The summed E-state index contributed by atoms with van der Waals surface area (Å²) in [6.45, 7) is 0. The van der Waals surface area contributed by atoms with Gasteiger partial charge in [0.05, 0.1) is 0 Å². The predicted molar refractivity (Wildman–Crippen MR) is 72.6 cm³/mol. The summed E-state index contributed by atoms with van der Waals surface area (Å²) >= 11 is 4.06. The fourth-order valence-electron chi connectivity index (χ4n) is 1.81. The van der Waals surface area contributed by atoms with Crippen molar-refractivity contribution in [2.24, 2.45) is 5.84 Å². The maximum atomic E-state index is 5.66. The van der Waals surface area contributed by atoms with Crippen LogP contribution in [0, 0.1) is 0 Å². The van der Waals surface area contributed by atoms with Crippen LogP contribution in [0.15, 0.2) is 24.5 Å². The van der Waals surface area contributed by atoms with Gasteiger partial charge in [0.2, 0.25) is 0 Å². The van der Waals surface area contributed by atoms with Gasteiger partial charge in [0, 0.05) is 40.9 Å². The van der Waals surface area contributed by atoms with Crippen LogP contribution in [0.1, 0.15) is 5.56 Å². The first-order valence-corrected chi connectivity index (χ1v) is 7.65. The van der Waals surface area contributed by atoms with Gasteiger partial charge in [0.15, 0.2) is 0 Å². The van der Waals surface area contributed by atoms with Gasteiger partial charge in [-0.25, -0.2) is 0 Å². The van der Waals surface area contributed by atoms with Crippen molar-refractivity contribution in [3.63, 3.8) is 0 Å². The van der Waals surface area contributed by atoms with E-state index in [0.717, 1.165) is 6.42 Å². The van der Waals surface area contributed by atoms with E-state index >= 15 is 0 Å². The molecule has 88 valence electrons. The molecule has 3 N–H and O–H groups in total. The molecule has 1 aliphatic rings. The summed E-state index contributed by atoms with van der Waals surface area (Å²) in [7, 11) is 0. The SMILES string of the molecule is NNC(Cc1cccnc1)C1CSCCS1. The molecule has 1 aromatic heterocycles. The Balaban J connectivity index is 1.94. The van der Waals surface area contributed by atoms with E-state index in [-0.39, 0.29) is 0 Å². The number of nitrogens with zero attached hydrogens (tertiary/aromatic N) is 1. The van der Waals surface area contributed by atoms with Crippen LogP contribution in [-0.4, -0.2) is 33.5 Å². The third-order valence-electron chi connectivity index (χ3n) is 2.68. The minimum atomic E-state index is 0.349. The molecule has 5 heteroatoms. The summed E-state index contributed by atoms with van der Waals surface area (Å²) in [4.78, 5) is 4.14. The Labute approximate surface area is 105 Å². The molecule has 2 atom stereocenters. The molecule has 1 saturated heterocycles. The summed E-state index contributed by atoms with van der Waals surface area (Å²) in [5, 5.41) is 0.615. The maximum absolute atomic E-state index is 5.66. The molecular weight excluding hydrogens is 238 g/mol. The van der Waals surface area contributed by atoms with E-state index in [4.69, 9.17) is 5.84 Å². The Morgan fingerprint density at radius 2 is 2.50 bits per heavy atom. The minimum Gasteiger partial charge on any atom is -0.271 e. The van der Waals surface area contributed by atoms with E-state index in [0.29, 0.717) is 11.3 Å². The van der Waals surface area contributed by atoms with Crippen molar-refractivity contribution >= 4 is 23.5 Å². The van der Waals surface area contributed by atoms with Crippen LogP contribution in [0.2, 0.25) is 0 Å². The second-order valence-corrected chi connectivity index (χ2v) is 6.32. The van der Waals surface area contributed by atoms with E-state index < -0.39 is 0 Å². The van der Waals surface area contributed by atoms with Crippen molar-refractivity contribution in [1.29, 1.82) is 0 Å². The zero-order chi connectivity index (χ0) is 11.2. The topological polar surface area (TPSA) is 50.9 Å².